The first-order valence-corrected chi connectivity index (χ1v) is 3.86. The van der Waals surface area contributed by atoms with Crippen LogP contribution in [-0.2, 0) is 0 Å². The van der Waals surface area contributed by atoms with E-state index in [1.807, 2.05) is 0 Å². The van der Waals surface area contributed by atoms with Gasteiger partial charge < -0.3 is 21.1 Å². The molecule has 0 aromatic heterocycles. The maximum Gasteiger partial charge on any atom is 0.0692 e. The predicted molar refractivity (Wildman–Crippen MR) is 42.0 cm³/mol. The molecule has 5 N–H and O–H groups in total. The van der Waals surface area contributed by atoms with E-state index in [1.54, 1.807) is 0 Å². The third-order valence-corrected chi connectivity index (χ3v) is 1.79. The highest BCUT2D eigenvalue weighted by Gasteiger charge is 2.15. The predicted octanol–water partition coefficient (Wildman–Crippen LogP) is -1.31. The minimum Gasteiger partial charge on any atom is -0.396 e. The van der Waals surface area contributed by atoms with E-state index >= 15 is 0 Å². The first-order valence-electron chi connectivity index (χ1n) is 3.86. The minimum atomic E-state index is -0.603. The molecule has 0 heterocycles. The summed E-state index contributed by atoms with van der Waals surface area (Å²) in [6, 6.07) is 0. The van der Waals surface area contributed by atoms with Gasteiger partial charge in [-0.05, 0) is 18.8 Å². The Morgan fingerprint density at radius 1 is 1.09 bits per heavy atom. The van der Waals surface area contributed by atoms with Gasteiger partial charge in [0.2, 0.25) is 0 Å². The van der Waals surface area contributed by atoms with Crippen LogP contribution in [0.4, 0.5) is 0 Å². The maximum absolute atomic E-state index is 9.23. The van der Waals surface area contributed by atoms with E-state index in [2.05, 4.69) is 0 Å². The molecule has 68 valence electrons. The molecule has 0 saturated heterocycles. The zero-order chi connectivity index (χ0) is 8.69. The number of hydrogen-bond acceptors (Lipinski definition) is 4. The van der Waals surface area contributed by atoms with Crippen molar-refractivity contribution in [3.63, 3.8) is 0 Å². The van der Waals surface area contributed by atoms with E-state index < -0.39 is 6.10 Å². The summed E-state index contributed by atoms with van der Waals surface area (Å²) in [6.07, 6.45) is 0.395. The number of rotatable bonds is 6. The van der Waals surface area contributed by atoms with Gasteiger partial charge in [0.15, 0.2) is 0 Å². The fourth-order valence-corrected chi connectivity index (χ4v) is 1.05. The Balaban J connectivity index is 3.66. The Kier molecular flexibility index (Phi) is 6.45. The third kappa shape index (κ3) is 4.31. The maximum atomic E-state index is 9.23. The van der Waals surface area contributed by atoms with Crippen molar-refractivity contribution in [2.75, 3.05) is 19.8 Å². The van der Waals surface area contributed by atoms with Gasteiger partial charge in [-0.1, -0.05) is 0 Å². The molecule has 0 spiro atoms. The van der Waals surface area contributed by atoms with Crippen molar-refractivity contribution < 1.29 is 15.3 Å². The van der Waals surface area contributed by atoms with Gasteiger partial charge in [-0.2, -0.15) is 0 Å². The largest absolute Gasteiger partial charge is 0.396 e. The Morgan fingerprint density at radius 3 is 1.82 bits per heavy atom. The summed E-state index contributed by atoms with van der Waals surface area (Å²) < 4.78 is 0. The molecule has 0 fully saturated rings. The van der Waals surface area contributed by atoms with Crippen LogP contribution in [0.15, 0.2) is 0 Å². The van der Waals surface area contributed by atoms with Gasteiger partial charge in [-0.15, -0.1) is 0 Å². The van der Waals surface area contributed by atoms with Crippen molar-refractivity contribution in [3.8, 4) is 0 Å². The van der Waals surface area contributed by atoms with E-state index in [1.165, 1.54) is 0 Å². The van der Waals surface area contributed by atoms with Crippen LogP contribution in [0.3, 0.4) is 0 Å². The summed E-state index contributed by atoms with van der Waals surface area (Å²) >= 11 is 0. The molecule has 1 unspecified atom stereocenters. The lowest BCUT2D eigenvalue weighted by molar-refractivity contribution is 0.0787. The van der Waals surface area contributed by atoms with Crippen LogP contribution in [0.1, 0.15) is 12.8 Å². The molecule has 0 aliphatic rings. The zero-order valence-electron chi connectivity index (χ0n) is 6.61. The van der Waals surface area contributed by atoms with Crippen molar-refractivity contribution in [1.29, 1.82) is 0 Å². The standard InChI is InChI=1S/C7H17NO3/c8-5-7(11)6(1-3-9)2-4-10/h6-7,9-11H,1-5,8H2. The van der Waals surface area contributed by atoms with Gasteiger partial charge in [-0.3, -0.25) is 0 Å². The lowest BCUT2D eigenvalue weighted by Gasteiger charge is -2.19. The zero-order valence-corrected chi connectivity index (χ0v) is 6.61. The highest BCUT2D eigenvalue weighted by molar-refractivity contribution is 4.68. The van der Waals surface area contributed by atoms with Gasteiger partial charge in [0.25, 0.3) is 0 Å². The number of hydrogen-bond donors (Lipinski definition) is 4. The van der Waals surface area contributed by atoms with Crippen LogP contribution >= 0.6 is 0 Å². The van der Waals surface area contributed by atoms with E-state index in [9.17, 15) is 5.11 Å². The Bertz CT molecular complexity index is 83.8. The fraction of sp³-hybridized carbons (Fsp3) is 1.00. The van der Waals surface area contributed by atoms with Crippen molar-refractivity contribution in [3.05, 3.63) is 0 Å². The number of nitrogens with two attached hydrogens (primary N) is 1. The molecule has 0 radical (unpaired) electrons. The average molecular weight is 163 g/mol. The van der Waals surface area contributed by atoms with Crippen molar-refractivity contribution >= 4 is 0 Å². The summed E-state index contributed by atoms with van der Waals surface area (Å²) in [5, 5.41) is 26.4. The second-order valence-corrected chi connectivity index (χ2v) is 2.59. The van der Waals surface area contributed by atoms with Crippen LogP contribution in [0.25, 0.3) is 0 Å². The van der Waals surface area contributed by atoms with Crippen molar-refractivity contribution in [1.82, 2.24) is 0 Å². The summed E-state index contributed by atoms with van der Waals surface area (Å²) in [5.41, 5.74) is 5.22. The Hall–Kier alpha value is -0.160. The van der Waals surface area contributed by atoms with Gasteiger partial charge >= 0.3 is 0 Å². The van der Waals surface area contributed by atoms with E-state index in [0.717, 1.165) is 0 Å². The fourth-order valence-electron chi connectivity index (χ4n) is 1.05. The molecular weight excluding hydrogens is 146 g/mol. The van der Waals surface area contributed by atoms with Crippen LogP contribution in [0, 0.1) is 5.92 Å². The molecule has 0 aromatic rings. The van der Waals surface area contributed by atoms with Gasteiger partial charge in [0.05, 0.1) is 6.10 Å². The Labute approximate surface area is 66.7 Å². The quantitative estimate of drug-likeness (QED) is 0.391. The topological polar surface area (TPSA) is 86.7 Å². The van der Waals surface area contributed by atoms with Gasteiger partial charge in [0, 0.05) is 19.8 Å². The van der Waals surface area contributed by atoms with Crippen LogP contribution in [-0.4, -0.2) is 41.2 Å². The second-order valence-electron chi connectivity index (χ2n) is 2.59. The van der Waals surface area contributed by atoms with Crippen LogP contribution in [0.2, 0.25) is 0 Å². The molecule has 0 rings (SSSR count). The first-order chi connectivity index (χ1) is 5.26. The van der Waals surface area contributed by atoms with E-state index in [-0.39, 0.29) is 25.7 Å². The van der Waals surface area contributed by atoms with Crippen LogP contribution < -0.4 is 5.73 Å². The molecule has 4 nitrogen and oxygen atoms in total. The smallest absolute Gasteiger partial charge is 0.0692 e. The molecule has 1 atom stereocenters. The molecule has 0 amide bonds. The average Bonchev–Trinajstić information content (AvgIpc) is 2.03. The van der Waals surface area contributed by atoms with Gasteiger partial charge in [-0.25, -0.2) is 0 Å². The minimum absolute atomic E-state index is 0.0295. The summed E-state index contributed by atoms with van der Waals surface area (Å²) in [6.45, 7) is 0.244. The molecule has 0 aliphatic heterocycles. The Morgan fingerprint density at radius 2 is 1.55 bits per heavy atom. The molecule has 0 bridgehead atoms. The molecule has 0 saturated carbocycles. The lowest BCUT2D eigenvalue weighted by Crippen LogP contribution is -2.30. The van der Waals surface area contributed by atoms with Crippen molar-refractivity contribution in [2.45, 2.75) is 18.9 Å². The summed E-state index contributed by atoms with van der Waals surface area (Å²) in [7, 11) is 0. The highest BCUT2D eigenvalue weighted by Crippen LogP contribution is 2.11. The van der Waals surface area contributed by atoms with E-state index in [0.29, 0.717) is 12.8 Å². The van der Waals surface area contributed by atoms with Gasteiger partial charge in [0.1, 0.15) is 0 Å². The third-order valence-electron chi connectivity index (χ3n) is 1.79. The van der Waals surface area contributed by atoms with Crippen molar-refractivity contribution in [2.24, 2.45) is 11.7 Å². The molecule has 11 heavy (non-hydrogen) atoms. The number of aliphatic hydroxyl groups excluding tert-OH is 3. The SMILES string of the molecule is NCC(O)C(CCO)CCO. The second kappa shape index (κ2) is 6.54. The normalized spacial score (nSPS) is 13.9. The monoisotopic (exact) mass is 163 g/mol. The molecule has 0 aromatic carbocycles. The molecule has 4 heteroatoms. The number of aliphatic hydroxyl groups is 3. The summed E-state index contributed by atoms with van der Waals surface area (Å²) in [5.74, 6) is -0.0741. The molecular formula is C7H17NO3. The lowest BCUT2D eigenvalue weighted by atomic mass is 9.96. The van der Waals surface area contributed by atoms with E-state index in [4.69, 9.17) is 15.9 Å². The van der Waals surface area contributed by atoms with Crippen LogP contribution in [0.5, 0.6) is 0 Å². The first kappa shape index (κ1) is 10.8. The summed E-state index contributed by atoms with van der Waals surface area (Å²) in [4.78, 5) is 0. The molecule has 0 aliphatic carbocycles. The highest BCUT2D eigenvalue weighted by atomic mass is 16.3.